The lowest BCUT2D eigenvalue weighted by Crippen LogP contribution is -2.35. The molecule has 4 aromatic rings. The first-order valence-electron chi connectivity index (χ1n) is 10.6. The topological polar surface area (TPSA) is 98.1 Å². The van der Waals surface area contributed by atoms with E-state index in [2.05, 4.69) is 15.6 Å². The average Bonchev–Trinajstić information content (AvgIpc) is 2.85. The van der Waals surface area contributed by atoms with Crippen LogP contribution >= 0.6 is 0 Å². The molecule has 0 fully saturated rings. The maximum absolute atomic E-state index is 12.5. The van der Waals surface area contributed by atoms with E-state index in [1.807, 2.05) is 49.4 Å². The minimum Gasteiger partial charge on any atom is -0.497 e. The van der Waals surface area contributed by atoms with Crippen LogP contribution < -0.4 is 20.9 Å². The number of benzene rings is 1. The fourth-order valence-corrected chi connectivity index (χ4v) is 3.47. The van der Waals surface area contributed by atoms with E-state index in [-0.39, 0.29) is 11.1 Å². The molecule has 3 aromatic heterocycles. The molecule has 168 valence electrons. The highest BCUT2D eigenvalue weighted by molar-refractivity contribution is 5.94. The molecule has 0 spiro atoms. The molecular formula is C25H25N5O3. The van der Waals surface area contributed by atoms with E-state index in [9.17, 15) is 9.59 Å². The zero-order valence-corrected chi connectivity index (χ0v) is 18.8. The number of methoxy groups -OCH3 is 1. The van der Waals surface area contributed by atoms with Crippen molar-refractivity contribution in [2.45, 2.75) is 6.92 Å². The molecule has 0 saturated heterocycles. The minimum atomic E-state index is -0.399. The first-order valence-corrected chi connectivity index (χ1v) is 10.6. The maximum Gasteiger partial charge on any atom is 0.263 e. The summed E-state index contributed by atoms with van der Waals surface area (Å²) in [6.45, 7) is 2.58. The van der Waals surface area contributed by atoms with Crippen molar-refractivity contribution in [1.29, 1.82) is 0 Å². The summed E-state index contributed by atoms with van der Waals surface area (Å²) >= 11 is 0. The molecule has 4 rings (SSSR count). The van der Waals surface area contributed by atoms with Crippen molar-refractivity contribution < 1.29 is 9.53 Å². The van der Waals surface area contributed by atoms with Gasteiger partial charge in [-0.3, -0.25) is 14.6 Å². The summed E-state index contributed by atoms with van der Waals surface area (Å²) < 4.78 is 6.69. The number of ether oxygens (including phenoxy) is 1. The lowest BCUT2D eigenvalue weighted by molar-refractivity contribution is 0.0953. The third-order valence-electron chi connectivity index (χ3n) is 5.49. The van der Waals surface area contributed by atoms with Gasteiger partial charge in [-0.15, -0.1) is 0 Å². The number of fused-ring (bicyclic) bond motifs is 1. The summed E-state index contributed by atoms with van der Waals surface area (Å²) in [7, 11) is 3.28. The third kappa shape index (κ3) is 4.69. The van der Waals surface area contributed by atoms with Crippen LogP contribution in [0.25, 0.3) is 22.2 Å². The molecular weight excluding hydrogens is 418 g/mol. The van der Waals surface area contributed by atoms with Crippen molar-refractivity contribution in [1.82, 2.24) is 19.9 Å². The van der Waals surface area contributed by atoms with Crippen LogP contribution in [0, 0.1) is 6.92 Å². The number of pyridine rings is 3. The number of amides is 1. The molecule has 0 aliphatic carbocycles. The van der Waals surface area contributed by atoms with Gasteiger partial charge in [0.05, 0.1) is 18.3 Å². The molecule has 0 saturated carbocycles. The van der Waals surface area contributed by atoms with Crippen molar-refractivity contribution in [3.63, 3.8) is 0 Å². The minimum absolute atomic E-state index is 0.123. The molecule has 0 atom stereocenters. The van der Waals surface area contributed by atoms with Crippen LogP contribution in [0.3, 0.4) is 0 Å². The Balaban J connectivity index is 1.49. The zero-order chi connectivity index (χ0) is 23.4. The maximum atomic E-state index is 12.5. The van der Waals surface area contributed by atoms with Gasteiger partial charge in [0.1, 0.15) is 17.1 Å². The van der Waals surface area contributed by atoms with Crippen LogP contribution in [0.1, 0.15) is 16.1 Å². The predicted molar refractivity (Wildman–Crippen MR) is 129 cm³/mol. The van der Waals surface area contributed by atoms with E-state index in [1.165, 1.54) is 4.57 Å². The number of anilines is 1. The normalized spacial score (nSPS) is 10.8. The molecule has 0 aliphatic rings. The summed E-state index contributed by atoms with van der Waals surface area (Å²) in [4.78, 5) is 34.0. The number of rotatable bonds is 7. The Morgan fingerprint density at radius 1 is 1.09 bits per heavy atom. The number of aryl methyl sites for hydroxylation is 1. The summed E-state index contributed by atoms with van der Waals surface area (Å²) in [6, 6.07) is 16.7. The summed E-state index contributed by atoms with van der Waals surface area (Å²) in [5.74, 6) is 1.05. The Morgan fingerprint density at radius 2 is 1.88 bits per heavy atom. The van der Waals surface area contributed by atoms with E-state index >= 15 is 0 Å². The van der Waals surface area contributed by atoms with Gasteiger partial charge >= 0.3 is 0 Å². The second-order valence-corrected chi connectivity index (χ2v) is 7.59. The van der Waals surface area contributed by atoms with E-state index in [4.69, 9.17) is 9.72 Å². The second kappa shape index (κ2) is 9.52. The number of carbonyl (C=O) groups excluding carboxylic acids is 1. The van der Waals surface area contributed by atoms with Crippen LogP contribution in [0.2, 0.25) is 0 Å². The van der Waals surface area contributed by atoms with E-state index in [0.29, 0.717) is 18.9 Å². The summed E-state index contributed by atoms with van der Waals surface area (Å²) in [6.07, 6.45) is 1.74. The van der Waals surface area contributed by atoms with Gasteiger partial charge in [0.25, 0.3) is 11.5 Å². The first-order chi connectivity index (χ1) is 16.0. The third-order valence-corrected chi connectivity index (χ3v) is 5.49. The zero-order valence-electron chi connectivity index (χ0n) is 18.8. The molecule has 33 heavy (non-hydrogen) atoms. The number of nitrogens with one attached hydrogen (secondary N) is 2. The molecule has 2 N–H and O–H groups in total. The van der Waals surface area contributed by atoms with Crippen molar-refractivity contribution in [2.75, 3.05) is 25.5 Å². The standard InChI is InChI=1S/C25H25N5O3/c1-16-6-11-20(25(32)30(16)2)24(31)28-14-13-27-23-19-5-4-12-26-22(19)15-21(29-23)17-7-9-18(33-3)10-8-17/h4-12,15H,13-14H2,1-3H3,(H,27,29)(H,28,31). The average molecular weight is 444 g/mol. The predicted octanol–water partition coefficient (Wildman–Crippen LogP) is 3.15. The van der Waals surface area contributed by atoms with Gasteiger partial charge in [-0.1, -0.05) is 0 Å². The van der Waals surface area contributed by atoms with Crippen LogP contribution in [0.15, 0.2) is 65.6 Å². The monoisotopic (exact) mass is 443 g/mol. The van der Waals surface area contributed by atoms with Gasteiger partial charge in [-0.25, -0.2) is 4.98 Å². The quantitative estimate of drug-likeness (QED) is 0.426. The highest BCUT2D eigenvalue weighted by atomic mass is 16.5. The Kier molecular flexibility index (Phi) is 6.35. The smallest absolute Gasteiger partial charge is 0.263 e. The van der Waals surface area contributed by atoms with Crippen molar-refractivity contribution in [3.05, 3.63) is 82.4 Å². The van der Waals surface area contributed by atoms with Gasteiger partial charge < -0.3 is 19.9 Å². The van der Waals surface area contributed by atoms with Crippen LogP contribution in [-0.2, 0) is 7.05 Å². The molecule has 0 aliphatic heterocycles. The number of hydrogen-bond acceptors (Lipinski definition) is 6. The van der Waals surface area contributed by atoms with Crippen LogP contribution in [0.5, 0.6) is 5.75 Å². The lowest BCUT2D eigenvalue weighted by Gasteiger charge is -2.12. The largest absolute Gasteiger partial charge is 0.497 e. The van der Waals surface area contributed by atoms with Gasteiger partial charge in [0.15, 0.2) is 0 Å². The van der Waals surface area contributed by atoms with Gasteiger partial charge in [0, 0.05) is 43.0 Å². The number of carbonyl (C=O) groups is 1. The first kappa shape index (κ1) is 22.0. The van der Waals surface area contributed by atoms with E-state index < -0.39 is 5.91 Å². The Morgan fingerprint density at radius 3 is 2.64 bits per heavy atom. The Hall–Kier alpha value is -4.20. The highest BCUT2D eigenvalue weighted by Gasteiger charge is 2.12. The highest BCUT2D eigenvalue weighted by Crippen LogP contribution is 2.27. The molecule has 0 unspecified atom stereocenters. The molecule has 3 heterocycles. The molecule has 0 bridgehead atoms. The fourth-order valence-electron chi connectivity index (χ4n) is 3.47. The SMILES string of the molecule is COc1ccc(-c2cc3ncccc3c(NCCNC(=O)c3ccc(C)n(C)c3=O)n2)cc1. The van der Waals surface area contributed by atoms with Crippen molar-refractivity contribution in [2.24, 2.45) is 7.05 Å². The number of hydrogen-bond donors (Lipinski definition) is 2. The summed E-state index contributed by atoms with van der Waals surface area (Å²) in [5.41, 5.74) is 3.13. The molecule has 8 nitrogen and oxygen atoms in total. The molecule has 0 radical (unpaired) electrons. The summed E-state index contributed by atoms with van der Waals surface area (Å²) in [5, 5.41) is 6.96. The van der Waals surface area contributed by atoms with Crippen LogP contribution in [-0.4, -0.2) is 40.6 Å². The van der Waals surface area contributed by atoms with Gasteiger partial charge in [-0.2, -0.15) is 0 Å². The number of aromatic nitrogens is 3. The van der Waals surface area contributed by atoms with Crippen LogP contribution in [0.4, 0.5) is 5.82 Å². The lowest BCUT2D eigenvalue weighted by atomic mass is 10.1. The fraction of sp³-hybridized carbons (Fsp3) is 0.200. The van der Waals surface area contributed by atoms with E-state index in [0.717, 1.165) is 33.6 Å². The second-order valence-electron chi connectivity index (χ2n) is 7.59. The van der Waals surface area contributed by atoms with Crippen molar-refractivity contribution >= 4 is 22.6 Å². The Bertz CT molecular complexity index is 1360. The molecule has 1 amide bonds. The molecule has 8 heteroatoms. The molecule has 1 aromatic carbocycles. The number of nitrogens with zero attached hydrogens (tertiary/aromatic N) is 3. The van der Waals surface area contributed by atoms with Crippen molar-refractivity contribution in [3.8, 4) is 17.0 Å². The Labute approximate surface area is 191 Å². The van der Waals surface area contributed by atoms with E-state index in [1.54, 1.807) is 32.5 Å². The van der Waals surface area contributed by atoms with Gasteiger partial charge in [-0.05, 0) is 61.5 Å². The van der Waals surface area contributed by atoms with Gasteiger partial charge in [0.2, 0.25) is 0 Å².